The number of non-ortho nitro benzene ring substituents is 1. The third-order valence-electron chi connectivity index (χ3n) is 3.28. The molecule has 2 aromatic rings. The standard InChI is InChI=1S/C15H17N3O4S/c16-10-9-12-1-3-13(4-2-12)11-17-23(21,22)15-7-5-14(6-8-15)18(19)20/h1-8,17H,9-11,16H2. The normalized spacial score (nSPS) is 11.3. The zero-order chi connectivity index (χ0) is 16.9. The molecule has 0 aliphatic carbocycles. The lowest BCUT2D eigenvalue weighted by Gasteiger charge is -2.07. The van der Waals surface area contributed by atoms with Crippen molar-refractivity contribution in [2.75, 3.05) is 6.54 Å². The summed E-state index contributed by atoms with van der Waals surface area (Å²) in [6.07, 6.45) is 0.773. The molecular formula is C15H17N3O4S. The van der Waals surface area contributed by atoms with Crippen molar-refractivity contribution < 1.29 is 13.3 Å². The molecule has 3 N–H and O–H groups in total. The van der Waals surface area contributed by atoms with Crippen LogP contribution in [0.2, 0.25) is 0 Å². The minimum atomic E-state index is -3.71. The molecule has 0 radical (unpaired) electrons. The number of nitrogens with one attached hydrogen (secondary N) is 1. The number of nitrogens with two attached hydrogens (primary N) is 1. The van der Waals surface area contributed by atoms with Gasteiger partial charge in [0.25, 0.3) is 5.69 Å². The zero-order valence-electron chi connectivity index (χ0n) is 12.3. The molecule has 8 heteroatoms. The Morgan fingerprint density at radius 1 is 1.00 bits per heavy atom. The van der Waals surface area contributed by atoms with Crippen molar-refractivity contribution in [2.45, 2.75) is 17.9 Å². The predicted octanol–water partition coefficient (Wildman–Crippen LogP) is 1.57. The molecule has 122 valence electrons. The van der Waals surface area contributed by atoms with E-state index < -0.39 is 14.9 Å². The van der Waals surface area contributed by atoms with Crippen LogP contribution in [0.1, 0.15) is 11.1 Å². The Kier molecular flexibility index (Phi) is 5.43. The highest BCUT2D eigenvalue weighted by molar-refractivity contribution is 7.89. The molecular weight excluding hydrogens is 318 g/mol. The number of hydrogen-bond acceptors (Lipinski definition) is 5. The molecule has 0 unspecified atom stereocenters. The molecule has 23 heavy (non-hydrogen) atoms. The van der Waals surface area contributed by atoms with Crippen LogP contribution in [0.25, 0.3) is 0 Å². The first-order chi connectivity index (χ1) is 10.9. The van der Waals surface area contributed by atoms with Gasteiger partial charge in [0.05, 0.1) is 9.82 Å². The van der Waals surface area contributed by atoms with E-state index in [9.17, 15) is 18.5 Å². The largest absolute Gasteiger partial charge is 0.330 e. The van der Waals surface area contributed by atoms with Gasteiger partial charge in [0.15, 0.2) is 0 Å². The summed E-state index contributed by atoms with van der Waals surface area (Å²) >= 11 is 0. The van der Waals surface area contributed by atoms with Gasteiger partial charge in [-0.05, 0) is 36.2 Å². The van der Waals surface area contributed by atoms with E-state index >= 15 is 0 Å². The first kappa shape index (κ1) is 17.1. The topological polar surface area (TPSA) is 115 Å². The molecule has 0 amide bonds. The number of nitro groups is 1. The number of nitro benzene ring substituents is 1. The summed E-state index contributed by atoms with van der Waals surface area (Å²) in [4.78, 5) is 9.99. The van der Waals surface area contributed by atoms with Crippen molar-refractivity contribution in [3.05, 3.63) is 69.8 Å². The third kappa shape index (κ3) is 4.59. The van der Waals surface area contributed by atoms with Crippen molar-refractivity contribution in [3.63, 3.8) is 0 Å². The van der Waals surface area contributed by atoms with E-state index in [0.29, 0.717) is 6.54 Å². The summed E-state index contributed by atoms with van der Waals surface area (Å²) in [7, 11) is -3.71. The molecule has 0 aliphatic heterocycles. The van der Waals surface area contributed by atoms with E-state index in [-0.39, 0.29) is 17.1 Å². The van der Waals surface area contributed by atoms with Gasteiger partial charge in [-0.3, -0.25) is 10.1 Å². The minimum absolute atomic E-state index is 0.0112. The first-order valence-corrected chi connectivity index (χ1v) is 8.43. The van der Waals surface area contributed by atoms with Gasteiger partial charge < -0.3 is 5.73 Å². The van der Waals surface area contributed by atoms with Crippen LogP contribution in [-0.2, 0) is 23.0 Å². The Bertz CT molecular complexity index is 771. The lowest BCUT2D eigenvalue weighted by atomic mass is 10.1. The van der Waals surface area contributed by atoms with Crippen molar-refractivity contribution in [2.24, 2.45) is 5.73 Å². The summed E-state index contributed by atoms with van der Waals surface area (Å²) in [5, 5.41) is 10.6. The van der Waals surface area contributed by atoms with Crippen molar-refractivity contribution in [3.8, 4) is 0 Å². The molecule has 0 saturated heterocycles. The van der Waals surface area contributed by atoms with Gasteiger partial charge in [0, 0.05) is 18.7 Å². The molecule has 0 saturated carbocycles. The van der Waals surface area contributed by atoms with Gasteiger partial charge in [-0.25, -0.2) is 13.1 Å². The van der Waals surface area contributed by atoms with Gasteiger partial charge >= 0.3 is 0 Å². The summed E-state index contributed by atoms with van der Waals surface area (Å²) in [6.45, 7) is 0.703. The number of sulfonamides is 1. The molecule has 2 aromatic carbocycles. The van der Waals surface area contributed by atoms with Crippen molar-refractivity contribution in [1.82, 2.24) is 4.72 Å². The summed E-state index contributed by atoms with van der Waals surface area (Å²) in [6, 6.07) is 12.2. The highest BCUT2D eigenvalue weighted by Gasteiger charge is 2.15. The van der Waals surface area contributed by atoms with Crippen LogP contribution >= 0.6 is 0 Å². The number of benzene rings is 2. The Labute approximate surface area is 134 Å². The smallest absolute Gasteiger partial charge is 0.269 e. The van der Waals surface area contributed by atoms with Crippen LogP contribution in [0.5, 0.6) is 0 Å². The molecule has 0 heterocycles. The summed E-state index contributed by atoms with van der Waals surface area (Å²) in [5.41, 5.74) is 7.23. The zero-order valence-corrected chi connectivity index (χ0v) is 13.1. The molecule has 0 atom stereocenters. The first-order valence-electron chi connectivity index (χ1n) is 6.94. The van der Waals surface area contributed by atoms with Crippen LogP contribution in [0.4, 0.5) is 5.69 Å². The Morgan fingerprint density at radius 3 is 2.09 bits per heavy atom. The second-order valence-corrected chi connectivity index (χ2v) is 6.70. The molecule has 0 bridgehead atoms. The average molecular weight is 335 g/mol. The fraction of sp³-hybridized carbons (Fsp3) is 0.200. The van der Waals surface area contributed by atoms with Crippen LogP contribution in [0.15, 0.2) is 53.4 Å². The van der Waals surface area contributed by atoms with E-state index in [0.717, 1.165) is 29.7 Å². The van der Waals surface area contributed by atoms with Crippen molar-refractivity contribution >= 4 is 15.7 Å². The van der Waals surface area contributed by atoms with E-state index in [1.54, 1.807) is 0 Å². The molecule has 2 rings (SSSR count). The highest BCUT2D eigenvalue weighted by atomic mass is 32.2. The summed E-state index contributed by atoms with van der Waals surface area (Å²) < 4.78 is 26.8. The fourth-order valence-corrected chi connectivity index (χ4v) is 3.02. The maximum absolute atomic E-state index is 12.2. The average Bonchev–Trinajstić information content (AvgIpc) is 2.55. The number of rotatable bonds is 7. The maximum atomic E-state index is 12.2. The van der Waals surface area contributed by atoms with E-state index in [1.807, 2.05) is 24.3 Å². The van der Waals surface area contributed by atoms with Gasteiger partial charge in [0.1, 0.15) is 0 Å². The number of hydrogen-bond donors (Lipinski definition) is 2. The van der Waals surface area contributed by atoms with Gasteiger partial charge in [-0.1, -0.05) is 24.3 Å². The maximum Gasteiger partial charge on any atom is 0.269 e. The number of nitrogens with zero attached hydrogens (tertiary/aromatic N) is 1. The minimum Gasteiger partial charge on any atom is -0.330 e. The highest BCUT2D eigenvalue weighted by Crippen LogP contribution is 2.16. The Hall–Kier alpha value is -2.29. The van der Waals surface area contributed by atoms with Crippen LogP contribution < -0.4 is 10.5 Å². The SMILES string of the molecule is NCCc1ccc(CNS(=O)(=O)c2ccc([N+](=O)[O-])cc2)cc1. The van der Waals surface area contributed by atoms with E-state index in [4.69, 9.17) is 5.73 Å². The van der Waals surface area contributed by atoms with Gasteiger partial charge in [-0.15, -0.1) is 0 Å². The quantitative estimate of drug-likeness (QED) is 0.588. The Morgan fingerprint density at radius 2 is 1.57 bits per heavy atom. The van der Waals surface area contributed by atoms with E-state index in [1.165, 1.54) is 12.1 Å². The van der Waals surface area contributed by atoms with Crippen LogP contribution in [0, 0.1) is 10.1 Å². The van der Waals surface area contributed by atoms with Crippen molar-refractivity contribution in [1.29, 1.82) is 0 Å². The second kappa shape index (κ2) is 7.32. The molecule has 0 aromatic heterocycles. The predicted molar refractivity (Wildman–Crippen MR) is 86.3 cm³/mol. The molecule has 0 fully saturated rings. The third-order valence-corrected chi connectivity index (χ3v) is 4.70. The molecule has 0 aliphatic rings. The van der Waals surface area contributed by atoms with Crippen LogP contribution in [0.3, 0.4) is 0 Å². The molecule has 7 nitrogen and oxygen atoms in total. The van der Waals surface area contributed by atoms with Crippen LogP contribution in [-0.4, -0.2) is 19.9 Å². The molecule has 0 spiro atoms. The van der Waals surface area contributed by atoms with Gasteiger partial charge in [0.2, 0.25) is 10.0 Å². The van der Waals surface area contributed by atoms with Gasteiger partial charge in [-0.2, -0.15) is 0 Å². The fourth-order valence-electron chi connectivity index (χ4n) is 2.00. The lowest BCUT2D eigenvalue weighted by molar-refractivity contribution is -0.384. The lowest BCUT2D eigenvalue weighted by Crippen LogP contribution is -2.23. The monoisotopic (exact) mass is 335 g/mol. The second-order valence-electron chi connectivity index (χ2n) is 4.93. The van der Waals surface area contributed by atoms with E-state index in [2.05, 4.69) is 4.72 Å². The summed E-state index contributed by atoms with van der Waals surface area (Å²) in [5.74, 6) is 0. The Balaban J connectivity index is 2.04.